The number of amides is 1. The molecule has 4 rings (SSSR count). The number of hydrogen-bond acceptors (Lipinski definition) is 3. The van der Waals surface area contributed by atoms with E-state index in [1.165, 1.54) is 11.1 Å². The van der Waals surface area contributed by atoms with Gasteiger partial charge in [-0.2, -0.15) is 0 Å². The van der Waals surface area contributed by atoms with Gasteiger partial charge in [-0.1, -0.05) is 49.7 Å². The number of carbonyl (C=O) groups is 1. The number of halogens is 1. The summed E-state index contributed by atoms with van der Waals surface area (Å²) in [5.74, 6) is 0.697. The van der Waals surface area contributed by atoms with Gasteiger partial charge >= 0.3 is 0 Å². The summed E-state index contributed by atoms with van der Waals surface area (Å²) in [6, 6.07) is 16.0. The van der Waals surface area contributed by atoms with Crippen LogP contribution in [0.5, 0.6) is 5.75 Å². The molecule has 0 radical (unpaired) electrons. The van der Waals surface area contributed by atoms with E-state index in [2.05, 4.69) is 43.0 Å². The molecule has 142 valence electrons. The highest BCUT2D eigenvalue weighted by atomic mass is 35.5. The maximum atomic E-state index is 12.7. The zero-order chi connectivity index (χ0) is 19.0. The Labute approximate surface area is 165 Å². The van der Waals surface area contributed by atoms with Crippen molar-refractivity contribution in [3.63, 3.8) is 0 Å². The van der Waals surface area contributed by atoms with Crippen molar-refractivity contribution in [3.05, 3.63) is 64.7 Å². The number of fused-ring (bicyclic) bond motifs is 3. The first-order valence-corrected chi connectivity index (χ1v) is 9.81. The lowest BCUT2D eigenvalue weighted by molar-refractivity contribution is -0.136. The summed E-state index contributed by atoms with van der Waals surface area (Å²) < 4.78 is 5.65. The predicted molar refractivity (Wildman–Crippen MR) is 107 cm³/mol. The van der Waals surface area contributed by atoms with Gasteiger partial charge in [-0.05, 0) is 35.4 Å². The normalized spacial score (nSPS) is 21.3. The van der Waals surface area contributed by atoms with E-state index in [1.54, 1.807) is 24.3 Å². The molecule has 0 spiro atoms. The quantitative estimate of drug-likeness (QED) is 0.804. The number of nitrogens with zero attached hydrogens (tertiary/aromatic N) is 2. The van der Waals surface area contributed by atoms with Crippen LogP contribution in [0.3, 0.4) is 0 Å². The minimum atomic E-state index is 0.0342. The molecule has 0 aromatic heterocycles. The van der Waals surface area contributed by atoms with E-state index >= 15 is 0 Å². The van der Waals surface area contributed by atoms with E-state index < -0.39 is 0 Å². The lowest BCUT2D eigenvalue weighted by Crippen LogP contribution is -2.56. The summed E-state index contributed by atoms with van der Waals surface area (Å²) in [7, 11) is 0. The molecule has 2 aliphatic rings. The van der Waals surface area contributed by atoms with Gasteiger partial charge in [-0.3, -0.25) is 9.69 Å². The molecule has 0 saturated carbocycles. The van der Waals surface area contributed by atoms with Crippen LogP contribution >= 0.6 is 11.6 Å². The summed E-state index contributed by atoms with van der Waals surface area (Å²) in [6.07, 6.45) is 0. The molecule has 0 bridgehead atoms. The molecule has 0 aliphatic carbocycles. The Morgan fingerprint density at radius 3 is 2.67 bits per heavy atom. The Kier molecular flexibility index (Phi) is 4.87. The van der Waals surface area contributed by atoms with Gasteiger partial charge in [0.2, 0.25) is 0 Å². The van der Waals surface area contributed by atoms with Gasteiger partial charge in [0.15, 0.2) is 6.61 Å². The summed E-state index contributed by atoms with van der Waals surface area (Å²) in [5.41, 5.74) is 2.89. The second-order valence-electron chi connectivity index (χ2n) is 8.04. The van der Waals surface area contributed by atoms with Crippen molar-refractivity contribution in [1.82, 2.24) is 9.80 Å². The standard InChI is InChI=1S/C22H25ClN2O2/c1-22(2)15-25-12-11-24(13-20(25)18-5-3-4-6-19(18)22)21(26)14-27-17-9-7-16(23)8-10-17/h3-10,20H,11-15H2,1-2H3. The van der Waals surface area contributed by atoms with Gasteiger partial charge in [0.25, 0.3) is 5.91 Å². The molecule has 2 aliphatic heterocycles. The molecule has 2 heterocycles. The highest BCUT2D eigenvalue weighted by Crippen LogP contribution is 2.40. The van der Waals surface area contributed by atoms with Crippen LogP contribution in [-0.4, -0.2) is 48.5 Å². The molecule has 27 heavy (non-hydrogen) atoms. The van der Waals surface area contributed by atoms with Crippen LogP contribution in [0, 0.1) is 0 Å². The van der Waals surface area contributed by atoms with Crippen LogP contribution in [0.15, 0.2) is 48.5 Å². The molecule has 1 atom stereocenters. The van der Waals surface area contributed by atoms with Crippen molar-refractivity contribution in [1.29, 1.82) is 0 Å². The highest BCUT2D eigenvalue weighted by Gasteiger charge is 2.40. The van der Waals surface area contributed by atoms with Gasteiger partial charge in [0, 0.05) is 36.6 Å². The molecule has 1 amide bonds. The van der Waals surface area contributed by atoms with Crippen molar-refractivity contribution in [2.75, 3.05) is 32.8 Å². The van der Waals surface area contributed by atoms with E-state index in [-0.39, 0.29) is 24.0 Å². The third kappa shape index (κ3) is 3.69. The fourth-order valence-corrected chi connectivity index (χ4v) is 4.42. The first kappa shape index (κ1) is 18.3. The van der Waals surface area contributed by atoms with Crippen LogP contribution in [0.4, 0.5) is 0 Å². The molecular weight excluding hydrogens is 360 g/mol. The number of benzene rings is 2. The maximum absolute atomic E-state index is 12.7. The van der Waals surface area contributed by atoms with E-state index in [9.17, 15) is 4.79 Å². The molecule has 4 nitrogen and oxygen atoms in total. The second kappa shape index (κ2) is 7.17. The Hall–Kier alpha value is -2.04. The molecule has 1 unspecified atom stereocenters. The molecule has 2 aromatic rings. The van der Waals surface area contributed by atoms with Gasteiger partial charge in [0.1, 0.15) is 5.75 Å². The van der Waals surface area contributed by atoms with Gasteiger partial charge < -0.3 is 9.64 Å². The summed E-state index contributed by atoms with van der Waals surface area (Å²) >= 11 is 5.89. The van der Waals surface area contributed by atoms with Crippen LogP contribution < -0.4 is 4.74 Å². The number of ether oxygens (including phenoxy) is 1. The number of carbonyl (C=O) groups excluding carboxylic acids is 1. The minimum Gasteiger partial charge on any atom is -0.484 e. The largest absolute Gasteiger partial charge is 0.484 e. The molecule has 0 N–H and O–H groups in total. The van der Waals surface area contributed by atoms with Gasteiger partial charge in [-0.15, -0.1) is 0 Å². The van der Waals surface area contributed by atoms with Crippen LogP contribution in [0.2, 0.25) is 5.02 Å². The van der Waals surface area contributed by atoms with E-state index in [0.717, 1.165) is 26.2 Å². The average molecular weight is 385 g/mol. The van der Waals surface area contributed by atoms with Crippen LogP contribution in [0.25, 0.3) is 0 Å². The van der Waals surface area contributed by atoms with Crippen molar-refractivity contribution in [3.8, 4) is 5.75 Å². The molecule has 1 saturated heterocycles. The van der Waals surface area contributed by atoms with Crippen molar-refractivity contribution in [2.24, 2.45) is 0 Å². The molecule has 1 fully saturated rings. The van der Waals surface area contributed by atoms with E-state index in [1.807, 2.05) is 4.90 Å². The Bertz CT molecular complexity index is 834. The number of hydrogen-bond donors (Lipinski definition) is 0. The van der Waals surface area contributed by atoms with Crippen LogP contribution in [0.1, 0.15) is 31.0 Å². The van der Waals surface area contributed by atoms with Crippen molar-refractivity contribution in [2.45, 2.75) is 25.3 Å². The lowest BCUT2D eigenvalue weighted by Gasteiger charge is -2.50. The molecular formula is C22H25ClN2O2. The van der Waals surface area contributed by atoms with Crippen LogP contribution in [-0.2, 0) is 10.2 Å². The van der Waals surface area contributed by atoms with E-state index in [4.69, 9.17) is 16.3 Å². The Morgan fingerprint density at radius 2 is 1.89 bits per heavy atom. The fraction of sp³-hybridized carbons (Fsp3) is 0.409. The average Bonchev–Trinajstić information content (AvgIpc) is 2.67. The SMILES string of the molecule is CC1(C)CN2CCN(C(=O)COc3ccc(Cl)cc3)CC2c2ccccc21. The topological polar surface area (TPSA) is 32.8 Å². The summed E-state index contributed by atoms with van der Waals surface area (Å²) in [6.45, 7) is 8.06. The Morgan fingerprint density at radius 1 is 1.15 bits per heavy atom. The summed E-state index contributed by atoms with van der Waals surface area (Å²) in [4.78, 5) is 17.2. The van der Waals surface area contributed by atoms with Gasteiger partial charge in [-0.25, -0.2) is 0 Å². The second-order valence-corrected chi connectivity index (χ2v) is 8.48. The first-order chi connectivity index (χ1) is 12.9. The zero-order valence-electron chi connectivity index (χ0n) is 15.8. The third-order valence-corrected chi connectivity index (χ3v) is 5.92. The predicted octanol–water partition coefficient (Wildman–Crippen LogP) is 3.90. The molecule has 5 heteroatoms. The minimum absolute atomic E-state index is 0.0342. The fourth-order valence-electron chi connectivity index (χ4n) is 4.30. The number of piperazine rings is 1. The van der Waals surface area contributed by atoms with Gasteiger partial charge in [0.05, 0.1) is 6.04 Å². The number of rotatable bonds is 3. The smallest absolute Gasteiger partial charge is 0.260 e. The molecule has 2 aromatic carbocycles. The monoisotopic (exact) mass is 384 g/mol. The highest BCUT2D eigenvalue weighted by molar-refractivity contribution is 6.30. The van der Waals surface area contributed by atoms with Crippen molar-refractivity contribution < 1.29 is 9.53 Å². The maximum Gasteiger partial charge on any atom is 0.260 e. The third-order valence-electron chi connectivity index (χ3n) is 5.67. The summed E-state index contributed by atoms with van der Waals surface area (Å²) in [5, 5.41) is 0.656. The Balaban J connectivity index is 1.45. The lowest BCUT2D eigenvalue weighted by atomic mass is 9.75. The first-order valence-electron chi connectivity index (χ1n) is 9.44. The van der Waals surface area contributed by atoms with E-state index in [0.29, 0.717) is 10.8 Å². The zero-order valence-corrected chi connectivity index (χ0v) is 16.6. The van der Waals surface area contributed by atoms with Crippen molar-refractivity contribution >= 4 is 17.5 Å².